The zero-order valence-corrected chi connectivity index (χ0v) is 7.28. The maximum atomic E-state index is 10.2. The zero-order chi connectivity index (χ0) is 6.85. The van der Waals surface area contributed by atoms with Crippen molar-refractivity contribution in [3.63, 3.8) is 0 Å². The Bertz CT molecular complexity index is 159. The van der Waals surface area contributed by atoms with E-state index in [0.29, 0.717) is 0 Å². The Morgan fingerprint density at radius 1 is 2.00 bits per heavy atom. The molecule has 0 amide bonds. The third-order valence-corrected chi connectivity index (χ3v) is 2.63. The van der Waals surface area contributed by atoms with Gasteiger partial charge in [-0.25, -0.2) is 4.31 Å². The van der Waals surface area contributed by atoms with Gasteiger partial charge in [0.1, 0.15) is 6.29 Å². The normalized spacial score (nSPS) is 28.2. The molecule has 4 heteroatoms. The van der Waals surface area contributed by atoms with Crippen LogP contribution in [0.5, 0.6) is 0 Å². The number of rotatable bonds is 1. The van der Waals surface area contributed by atoms with Crippen molar-refractivity contribution in [3.8, 4) is 0 Å². The van der Waals surface area contributed by atoms with Gasteiger partial charge in [0.05, 0.1) is 9.86 Å². The lowest BCUT2D eigenvalue weighted by Crippen LogP contribution is -2.20. The Kier molecular flexibility index (Phi) is 2.32. The van der Waals surface area contributed by atoms with E-state index in [9.17, 15) is 4.79 Å². The van der Waals surface area contributed by atoms with Crippen LogP contribution in [0.1, 0.15) is 0 Å². The van der Waals surface area contributed by atoms with Crippen molar-refractivity contribution in [1.82, 2.24) is 4.31 Å². The van der Waals surface area contributed by atoms with Crippen LogP contribution in [-0.2, 0) is 4.79 Å². The predicted octanol–water partition coefficient (Wildman–Crippen LogP) is 1.38. The van der Waals surface area contributed by atoms with Crippen molar-refractivity contribution < 1.29 is 4.79 Å². The second kappa shape index (κ2) is 2.86. The van der Waals surface area contributed by atoms with Crippen molar-refractivity contribution in [1.29, 1.82) is 0 Å². The Morgan fingerprint density at radius 3 is 2.89 bits per heavy atom. The Balaban J connectivity index is 2.63. The fraction of sp³-hybridized carbons (Fsp3) is 0.400. The van der Waals surface area contributed by atoms with Crippen molar-refractivity contribution in [3.05, 3.63) is 9.89 Å². The fourth-order valence-corrected chi connectivity index (χ4v) is 2.26. The van der Waals surface area contributed by atoms with Gasteiger partial charge in [0.25, 0.3) is 0 Å². The predicted molar refractivity (Wildman–Crippen MR) is 42.2 cm³/mol. The van der Waals surface area contributed by atoms with Gasteiger partial charge in [-0.3, -0.25) is 0 Å². The lowest BCUT2D eigenvalue weighted by Gasteiger charge is -2.09. The van der Waals surface area contributed by atoms with Gasteiger partial charge in [-0.1, -0.05) is 0 Å². The summed E-state index contributed by atoms with van der Waals surface area (Å²) in [6.07, 6.45) is 2.79. The zero-order valence-electron chi connectivity index (χ0n) is 4.87. The summed E-state index contributed by atoms with van der Waals surface area (Å²) in [6.45, 7) is 0. The van der Waals surface area contributed by atoms with E-state index < -0.39 is 0 Å². The van der Waals surface area contributed by atoms with Crippen LogP contribution in [0.4, 0.5) is 0 Å². The summed E-state index contributed by atoms with van der Waals surface area (Å²) in [5.41, 5.74) is 0. The molecular weight excluding hydrogens is 202 g/mol. The van der Waals surface area contributed by atoms with Crippen LogP contribution in [-0.4, -0.2) is 23.7 Å². The summed E-state index contributed by atoms with van der Waals surface area (Å²) in [5.74, 6) is 0. The lowest BCUT2D eigenvalue weighted by molar-refractivity contribution is -0.109. The molecule has 0 radical (unpaired) electrons. The van der Waals surface area contributed by atoms with Crippen LogP contribution >= 0.6 is 27.9 Å². The molecule has 0 fully saturated rings. The van der Waals surface area contributed by atoms with Crippen LogP contribution in [0, 0.1) is 0 Å². The summed E-state index contributed by atoms with van der Waals surface area (Å²) < 4.78 is 2.90. The van der Waals surface area contributed by atoms with Crippen molar-refractivity contribution in [2.75, 3.05) is 7.05 Å². The first-order valence-electron chi connectivity index (χ1n) is 2.47. The van der Waals surface area contributed by atoms with E-state index in [0.717, 1.165) is 10.1 Å². The van der Waals surface area contributed by atoms with Gasteiger partial charge >= 0.3 is 0 Å². The van der Waals surface area contributed by atoms with Crippen LogP contribution in [0.25, 0.3) is 0 Å². The molecule has 1 atom stereocenters. The third kappa shape index (κ3) is 1.56. The standard InChI is InChI=1S/C5H6BrNOS/c1-7-4(3-8)2-5(6)9-7/h2-4H,1H3. The minimum atomic E-state index is -0.0515. The number of nitrogens with zero attached hydrogens (tertiary/aromatic N) is 1. The average molecular weight is 208 g/mol. The molecule has 0 saturated heterocycles. The highest BCUT2D eigenvalue weighted by Crippen LogP contribution is 2.33. The molecule has 0 aromatic carbocycles. The number of hydrogen-bond acceptors (Lipinski definition) is 3. The molecular formula is C5H6BrNOS. The minimum Gasteiger partial charge on any atom is -0.301 e. The Morgan fingerprint density at radius 2 is 2.67 bits per heavy atom. The van der Waals surface area contributed by atoms with E-state index in [4.69, 9.17) is 0 Å². The number of halogens is 1. The Hall–Kier alpha value is 0.200. The van der Waals surface area contributed by atoms with Gasteiger partial charge in [-0.05, 0) is 41.0 Å². The first-order chi connectivity index (χ1) is 4.24. The van der Waals surface area contributed by atoms with Gasteiger partial charge < -0.3 is 4.79 Å². The number of carbonyl (C=O) groups excluding carboxylic acids is 1. The van der Waals surface area contributed by atoms with Crippen LogP contribution in [0.2, 0.25) is 0 Å². The quantitative estimate of drug-likeness (QED) is 0.479. The summed E-state index contributed by atoms with van der Waals surface area (Å²) in [6, 6.07) is -0.0515. The van der Waals surface area contributed by atoms with Gasteiger partial charge in [-0.15, -0.1) is 0 Å². The fourth-order valence-electron chi connectivity index (χ4n) is 0.593. The Labute approximate surface area is 66.6 Å². The molecule has 0 N–H and O–H groups in total. The second-order valence-corrected chi connectivity index (χ2v) is 4.31. The summed E-state index contributed by atoms with van der Waals surface area (Å²) >= 11 is 4.82. The van der Waals surface area contributed by atoms with Crippen molar-refractivity contribution in [2.24, 2.45) is 0 Å². The van der Waals surface area contributed by atoms with Crippen LogP contribution in [0.15, 0.2) is 9.89 Å². The molecule has 1 aliphatic heterocycles. The molecule has 0 spiro atoms. The molecule has 1 unspecified atom stereocenters. The van der Waals surface area contributed by atoms with Crippen molar-refractivity contribution >= 4 is 34.2 Å². The molecule has 0 aromatic heterocycles. The second-order valence-electron chi connectivity index (χ2n) is 1.73. The molecule has 0 saturated carbocycles. The maximum absolute atomic E-state index is 10.2. The lowest BCUT2D eigenvalue weighted by atomic mass is 10.3. The highest BCUT2D eigenvalue weighted by atomic mass is 79.9. The number of aldehydes is 1. The maximum Gasteiger partial charge on any atom is 0.141 e. The molecule has 0 aliphatic carbocycles. The highest BCUT2D eigenvalue weighted by Gasteiger charge is 2.19. The minimum absolute atomic E-state index is 0.0515. The molecule has 1 heterocycles. The summed E-state index contributed by atoms with van der Waals surface area (Å²) in [4.78, 5) is 10.2. The molecule has 1 aliphatic rings. The summed E-state index contributed by atoms with van der Waals surface area (Å²) in [7, 11) is 1.88. The molecule has 9 heavy (non-hydrogen) atoms. The third-order valence-electron chi connectivity index (χ3n) is 1.09. The first kappa shape index (κ1) is 7.31. The molecule has 2 nitrogen and oxygen atoms in total. The van der Waals surface area contributed by atoms with Crippen LogP contribution in [0.3, 0.4) is 0 Å². The van der Waals surface area contributed by atoms with Gasteiger partial charge in [0, 0.05) is 0 Å². The van der Waals surface area contributed by atoms with Crippen LogP contribution < -0.4 is 0 Å². The van der Waals surface area contributed by atoms with E-state index in [-0.39, 0.29) is 6.04 Å². The average Bonchev–Trinajstić information content (AvgIpc) is 2.10. The highest BCUT2D eigenvalue weighted by molar-refractivity contribution is 9.14. The topological polar surface area (TPSA) is 20.3 Å². The number of carbonyl (C=O) groups is 1. The number of likely N-dealkylation sites (N-methyl/N-ethyl adjacent to an activating group) is 1. The van der Waals surface area contributed by atoms with E-state index in [1.54, 1.807) is 0 Å². The SMILES string of the molecule is CN1SC(Br)=CC1C=O. The first-order valence-corrected chi connectivity index (χ1v) is 4.04. The monoisotopic (exact) mass is 207 g/mol. The van der Waals surface area contributed by atoms with E-state index in [1.165, 1.54) is 11.9 Å². The molecule has 0 aromatic rings. The van der Waals surface area contributed by atoms with Gasteiger partial charge in [0.2, 0.25) is 0 Å². The number of hydrogen-bond donors (Lipinski definition) is 0. The largest absolute Gasteiger partial charge is 0.301 e. The van der Waals surface area contributed by atoms with E-state index in [2.05, 4.69) is 15.9 Å². The van der Waals surface area contributed by atoms with E-state index >= 15 is 0 Å². The van der Waals surface area contributed by atoms with Crippen molar-refractivity contribution in [2.45, 2.75) is 6.04 Å². The van der Waals surface area contributed by atoms with E-state index in [1.807, 2.05) is 17.4 Å². The molecule has 0 bridgehead atoms. The van der Waals surface area contributed by atoms with Gasteiger partial charge in [0.15, 0.2) is 0 Å². The molecule has 1 rings (SSSR count). The summed E-state index contributed by atoms with van der Waals surface area (Å²) in [5, 5.41) is 0. The smallest absolute Gasteiger partial charge is 0.141 e. The van der Waals surface area contributed by atoms with Gasteiger partial charge in [-0.2, -0.15) is 0 Å². The molecule has 50 valence electrons.